The maximum atomic E-state index is 13.3. The van der Waals surface area contributed by atoms with Gasteiger partial charge >= 0.3 is 0 Å². The normalized spacial score (nSPS) is 11.4. The second-order valence-corrected chi connectivity index (χ2v) is 7.15. The van der Waals surface area contributed by atoms with E-state index in [1.807, 2.05) is 91.9 Å². The van der Waals surface area contributed by atoms with Gasteiger partial charge in [0.25, 0.3) is 5.56 Å². The highest BCUT2D eigenvalue weighted by atomic mass is 16.1. The standard InChI is InChI=1S/C25H23N3O/c1-18-10-12-23-22(14-18)25(29)28(17-21-9-5-8-20(15-21)16-26)24(27-23)13-11-19-6-3-2-4-7-19/h2-15H,16-17,26H2,1H3. The molecule has 4 aromatic rings. The van der Waals surface area contributed by atoms with E-state index in [2.05, 4.69) is 0 Å². The van der Waals surface area contributed by atoms with Crippen LogP contribution < -0.4 is 11.3 Å². The Bertz CT molecular complexity index is 1240. The summed E-state index contributed by atoms with van der Waals surface area (Å²) in [6.45, 7) is 2.90. The van der Waals surface area contributed by atoms with E-state index in [1.165, 1.54) is 0 Å². The van der Waals surface area contributed by atoms with E-state index in [0.717, 1.165) is 22.3 Å². The number of fused-ring (bicyclic) bond motifs is 1. The highest BCUT2D eigenvalue weighted by Gasteiger charge is 2.10. The monoisotopic (exact) mass is 381 g/mol. The zero-order valence-electron chi connectivity index (χ0n) is 16.4. The van der Waals surface area contributed by atoms with Gasteiger partial charge in [-0.25, -0.2) is 4.98 Å². The number of nitrogens with zero attached hydrogens (tertiary/aromatic N) is 2. The molecule has 0 fully saturated rings. The number of aryl methyl sites for hydroxylation is 1. The van der Waals surface area contributed by atoms with Crippen molar-refractivity contribution in [3.8, 4) is 0 Å². The minimum Gasteiger partial charge on any atom is -0.326 e. The van der Waals surface area contributed by atoms with Crippen molar-refractivity contribution in [2.45, 2.75) is 20.0 Å². The quantitative estimate of drug-likeness (QED) is 0.558. The highest BCUT2D eigenvalue weighted by Crippen LogP contribution is 2.15. The summed E-state index contributed by atoms with van der Waals surface area (Å²) in [6.07, 6.45) is 3.89. The zero-order chi connectivity index (χ0) is 20.2. The minimum atomic E-state index is -0.0374. The Hall–Kier alpha value is -3.50. The van der Waals surface area contributed by atoms with Gasteiger partial charge in [-0.3, -0.25) is 9.36 Å². The maximum absolute atomic E-state index is 13.3. The van der Waals surface area contributed by atoms with Crippen molar-refractivity contribution >= 4 is 23.1 Å². The van der Waals surface area contributed by atoms with Crippen LogP contribution in [0.25, 0.3) is 23.1 Å². The van der Waals surface area contributed by atoms with Crippen LogP contribution in [0.15, 0.2) is 77.6 Å². The molecule has 29 heavy (non-hydrogen) atoms. The topological polar surface area (TPSA) is 60.9 Å². The van der Waals surface area contributed by atoms with Gasteiger partial charge in [0, 0.05) is 6.54 Å². The molecule has 0 unspecified atom stereocenters. The maximum Gasteiger partial charge on any atom is 0.261 e. The van der Waals surface area contributed by atoms with E-state index >= 15 is 0 Å². The molecule has 3 aromatic carbocycles. The summed E-state index contributed by atoms with van der Waals surface area (Å²) in [5, 5.41) is 0.636. The van der Waals surface area contributed by atoms with Crippen LogP contribution in [0.2, 0.25) is 0 Å². The Morgan fingerprint density at radius 2 is 1.72 bits per heavy atom. The number of hydrogen-bond donors (Lipinski definition) is 1. The first kappa shape index (κ1) is 18.8. The molecule has 4 nitrogen and oxygen atoms in total. The van der Waals surface area contributed by atoms with Gasteiger partial charge in [-0.1, -0.05) is 72.3 Å². The molecule has 0 saturated carbocycles. The predicted octanol–water partition coefficient (Wildman–Crippen LogP) is 4.38. The van der Waals surface area contributed by atoms with E-state index in [4.69, 9.17) is 10.7 Å². The van der Waals surface area contributed by atoms with E-state index in [-0.39, 0.29) is 5.56 Å². The Labute approximate surface area is 170 Å². The fraction of sp³-hybridized carbons (Fsp3) is 0.120. The van der Waals surface area contributed by atoms with Gasteiger partial charge in [0.15, 0.2) is 0 Å². The number of rotatable bonds is 5. The number of hydrogen-bond acceptors (Lipinski definition) is 3. The first-order valence-electron chi connectivity index (χ1n) is 9.66. The minimum absolute atomic E-state index is 0.0374. The molecule has 0 amide bonds. The third-order valence-electron chi connectivity index (χ3n) is 4.93. The van der Waals surface area contributed by atoms with Crippen LogP contribution in [0.1, 0.15) is 28.1 Å². The third kappa shape index (κ3) is 4.18. The van der Waals surface area contributed by atoms with Gasteiger partial charge in [-0.05, 0) is 41.8 Å². The van der Waals surface area contributed by atoms with Crippen molar-refractivity contribution in [1.82, 2.24) is 9.55 Å². The molecule has 0 saturated heterocycles. The molecule has 0 spiro atoms. The summed E-state index contributed by atoms with van der Waals surface area (Å²) in [6, 6.07) is 23.8. The summed E-state index contributed by atoms with van der Waals surface area (Å²) in [4.78, 5) is 18.1. The van der Waals surface area contributed by atoms with Crippen LogP contribution in [0.3, 0.4) is 0 Å². The van der Waals surface area contributed by atoms with Crippen LogP contribution >= 0.6 is 0 Å². The van der Waals surface area contributed by atoms with E-state index in [1.54, 1.807) is 4.57 Å². The van der Waals surface area contributed by atoms with Crippen molar-refractivity contribution in [2.75, 3.05) is 0 Å². The van der Waals surface area contributed by atoms with Crippen molar-refractivity contribution < 1.29 is 0 Å². The predicted molar refractivity (Wildman–Crippen MR) is 120 cm³/mol. The largest absolute Gasteiger partial charge is 0.326 e. The van der Waals surface area contributed by atoms with Crippen molar-refractivity contribution in [1.29, 1.82) is 0 Å². The summed E-state index contributed by atoms with van der Waals surface area (Å²) < 4.78 is 1.73. The van der Waals surface area contributed by atoms with Gasteiger partial charge in [0.2, 0.25) is 0 Å². The zero-order valence-corrected chi connectivity index (χ0v) is 16.4. The summed E-state index contributed by atoms with van der Waals surface area (Å²) >= 11 is 0. The SMILES string of the molecule is Cc1ccc2nc(C=Cc3ccccc3)n(Cc3cccc(CN)c3)c(=O)c2c1. The molecule has 1 aromatic heterocycles. The molecular weight excluding hydrogens is 358 g/mol. The van der Waals surface area contributed by atoms with Crippen molar-refractivity contribution in [3.63, 3.8) is 0 Å². The second kappa shape index (κ2) is 8.25. The molecule has 0 aliphatic rings. The summed E-state index contributed by atoms with van der Waals surface area (Å²) in [7, 11) is 0. The molecule has 0 bridgehead atoms. The molecule has 4 heteroatoms. The molecule has 4 rings (SSSR count). The van der Waals surface area contributed by atoms with Gasteiger partial charge in [-0.2, -0.15) is 0 Å². The van der Waals surface area contributed by atoms with Gasteiger partial charge < -0.3 is 5.73 Å². The number of nitrogens with two attached hydrogens (primary N) is 1. The second-order valence-electron chi connectivity index (χ2n) is 7.15. The molecule has 0 aliphatic carbocycles. The van der Waals surface area contributed by atoms with Gasteiger partial charge in [0.05, 0.1) is 17.4 Å². The van der Waals surface area contributed by atoms with Crippen molar-refractivity contribution in [2.24, 2.45) is 5.73 Å². The van der Waals surface area contributed by atoms with E-state index in [0.29, 0.717) is 29.8 Å². The summed E-state index contributed by atoms with van der Waals surface area (Å²) in [5.74, 6) is 0.633. The molecule has 2 N–H and O–H groups in total. The Morgan fingerprint density at radius 1 is 0.931 bits per heavy atom. The number of aromatic nitrogens is 2. The lowest BCUT2D eigenvalue weighted by atomic mass is 10.1. The molecule has 144 valence electrons. The van der Waals surface area contributed by atoms with Crippen LogP contribution in [0.4, 0.5) is 0 Å². The van der Waals surface area contributed by atoms with Gasteiger partial charge in [0.1, 0.15) is 5.82 Å². The molecular formula is C25H23N3O. The van der Waals surface area contributed by atoms with E-state index < -0.39 is 0 Å². The fourth-order valence-electron chi connectivity index (χ4n) is 3.40. The lowest BCUT2D eigenvalue weighted by Crippen LogP contribution is -2.24. The fourth-order valence-corrected chi connectivity index (χ4v) is 3.40. The summed E-state index contributed by atoms with van der Waals surface area (Å²) in [5.41, 5.74) is 10.6. The first-order chi connectivity index (χ1) is 14.1. The van der Waals surface area contributed by atoms with Crippen LogP contribution in [0.5, 0.6) is 0 Å². The third-order valence-corrected chi connectivity index (χ3v) is 4.93. The molecule has 0 radical (unpaired) electrons. The van der Waals surface area contributed by atoms with Crippen LogP contribution in [0, 0.1) is 6.92 Å². The molecule has 0 aliphatic heterocycles. The highest BCUT2D eigenvalue weighted by molar-refractivity contribution is 5.80. The Morgan fingerprint density at radius 3 is 2.52 bits per heavy atom. The smallest absolute Gasteiger partial charge is 0.261 e. The van der Waals surface area contributed by atoms with Crippen molar-refractivity contribution in [3.05, 3.63) is 111 Å². The van der Waals surface area contributed by atoms with Crippen LogP contribution in [-0.2, 0) is 13.1 Å². The van der Waals surface area contributed by atoms with E-state index in [9.17, 15) is 4.79 Å². The van der Waals surface area contributed by atoms with Crippen LogP contribution in [-0.4, -0.2) is 9.55 Å². The average molecular weight is 381 g/mol. The average Bonchev–Trinajstić information content (AvgIpc) is 2.76. The number of benzene rings is 3. The Kier molecular flexibility index (Phi) is 5.36. The molecule has 1 heterocycles. The van der Waals surface area contributed by atoms with Gasteiger partial charge in [-0.15, -0.1) is 0 Å². The lowest BCUT2D eigenvalue weighted by Gasteiger charge is -2.12. The lowest BCUT2D eigenvalue weighted by molar-refractivity contribution is 0.737. The Balaban J connectivity index is 1.85. The first-order valence-corrected chi connectivity index (χ1v) is 9.66. The molecule has 0 atom stereocenters.